The maximum Gasteiger partial charge on any atom is 0.307 e. The number of aromatic amines is 1. The van der Waals surface area contributed by atoms with Gasteiger partial charge in [-0.1, -0.05) is 48.0 Å². The van der Waals surface area contributed by atoms with Gasteiger partial charge in [0, 0.05) is 10.4 Å². The normalized spacial score (nSPS) is 11.0. The number of hydrogen-bond acceptors (Lipinski definition) is 1. The summed E-state index contributed by atoms with van der Waals surface area (Å²) < 4.78 is 0. The predicted octanol–water partition coefficient (Wildman–Crippen LogP) is 4.42. The van der Waals surface area contributed by atoms with E-state index in [1.54, 1.807) is 0 Å². The van der Waals surface area contributed by atoms with Crippen LogP contribution < -0.4 is 0 Å². The molecule has 0 aliphatic carbocycles. The van der Waals surface area contributed by atoms with Crippen molar-refractivity contribution in [3.8, 4) is 11.3 Å². The van der Waals surface area contributed by atoms with Gasteiger partial charge in [-0.05, 0) is 29.7 Å². The van der Waals surface area contributed by atoms with Crippen LogP contribution >= 0.6 is 11.6 Å². The molecule has 3 nitrogen and oxygen atoms in total. The largest absolute Gasteiger partial charge is 0.481 e. The Kier molecular flexibility index (Phi) is 3.43. The Morgan fingerprint density at radius 2 is 1.90 bits per heavy atom. The third-order valence-electron chi connectivity index (χ3n) is 3.67. The fourth-order valence-corrected chi connectivity index (χ4v) is 2.78. The van der Waals surface area contributed by atoms with Gasteiger partial charge in [0.25, 0.3) is 0 Å². The lowest BCUT2D eigenvalue weighted by Gasteiger charge is -2.02. The summed E-state index contributed by atoms with van der Waals surface area (Å²) in [5.74, 6) is -0.847. The third kappa shape index (κ3) is 2.41. The molecule has 106 valence electrons. The molecule has 1 aromatic heterocycles. The Morgan fingerprint density at radius 3 is 2.57 bits per heavy atom. The Hall–Kier alpha value is -2.26. The number of hydrogen-bond donors (Lipinski definition) is 2. The monoisotopic (exact) mass is 299 g/mol. The van der Waals surface area contributed by atoms with E-state index in [0.717, 1.165) is 33.3 Å². The van der Waals surface area contributed by atoms with Crippen molar-refractivity contribution in [2.45, 2.75) is 13.3 Å². The van der Waals surface area contributed by atoms with Crippen LogP contribution in [0.1, 0.15) is 11.1 Å². The molecule has 0 radical (unpaired) electrons. The molecule has 3 rings (SSSR count). The number of aliphatic carboxylic acids is 1. The maximum atomic E-state index is 11.2. The minimum atomic E-state index is -0.847. The van der Waals surface area contributed by atoms with Crippen molar-refractivity contribution in [3.63, 3.8) is 0 Å². The number of benzene rings is 2. The summed E-state index contributed by atoms with van der Waals surface area (Å²) in [6.07, 6.45) is -0.0225. The number of carbonyl (C=O) groups is 1. The van der Waals surface area contributed by atoms with Gasteiger partial charge in [0.05, 0.1) is 17.6 Å². The number of nitrogens with one attached hydrogen (secondary N) is 1. The summed E-state index contributed by atoms with van der Waals surface area (Å²) in [6.45, 7) is 1.93. The number of aryl methyl sites for hydroxylation is 1. The van der Waals surface area contributed by atoms with Gasteiger partial charge >= 0.3 is 5.97 Å². The molecule has 0 unspecified atom stereocenters. The molecule has 0 atom stereocenters. The van der Waals surface area contributed by atoms with Crippen molar-refractivity contribution in [2.24, 2.45) is 0 Å². The first-order chi connectivity index (χ1) is 10.1. The van der Waals surface area contributed by atoms with Gasteiger partial charge in [0.2, 0.25) is 0 Å². The molecule has 2 N–H and O–H groups in total. The van der Waals surface area contributed by atoms with Crippen LogP contribution in [0.3, 0.4) is 0 Å². The molecule has 3 aromatic rings. The fraction of sp³-hybridized carbons (Fsp3) is 0.118. The van der Waals surface area contributed by atoms with Crippen LogP contribution in [0, 0.1) is 6.92 Å². The van der Waals surface area contributed by atoms with E-state index in [0.29, 0.717) is 5.02 Å². The Morgan fingerprint density at radius 1 is 1.19 bits per heavy atom. The van der Waals surface area contributed by atoms with Crippen LogP contribution in [0.25, 0.3) is 22.2 Å². The maximum absolute atomic E-state index is 11.2. The number of carboxylic acids is 1. The number of H-pyrrole nitrogens is 1. The third-order valence-corrected chi connectivity index (χ3v) is 4.08. The highest BCUT2D eigenvalue weighted by atomic mass is 35.5. The second-order valence-corrected chi connectivity index (χ2v) is 5.42. The topological polar surface area (TPSA) is 53.1 Å². The second kappa shape index (κ2) is 5.26. The molecular weight excluding hydrogens is 286 g/mol. The first-order valence-corrected chi connectivity index (χ1v) is 7.02. The predicted molar refractivity (Wildman–Crippen MR) is 84.8 cm³/mol. The Balaban J connectivity index is 2.32. The van der Waals surface area contributed by atoms with Gasteiger partial charge in [-0.3, -0.25) is 4.79 Å². The minimum absolute atomic E-state index is 0.0225. The van der Waals surface area contributed by atoms with Crippen LogP contribution in [0.2, 0.25) is 5.02 Å². The van der Waals surface area contributed by atoms with Gasteiger partial charge < -0.3 is 10.1 Å². The first kappa shape index (κ1) is 13.7. The Bertz CT molecular complexity index is 822. The number of aromatic nitrogens is 1. The number of rotatable bonds is 3. The lowest BCUT2D eigenvalue weighted by atomic mass is 10.0. The zero-order valence-corrected chi connectivity index (χ0v) is 12.2. The average Bonchev–Trinajstić information content (AvgIpc) is 2.83. The number of halogens is 1. The van der Waals surface area contributed by atoms with Crippen LogP contribution in [-0.4, -0.2) is 16.1 Å². The summed E-state index contributed by atoms with van der Waals surface area (Å²) >= 11 is 6.16. The lowest BCUT2D eigenvalue weighted by molar-refractivity contribution is -0.136. The van der Waals surface area contributed by atoms with E-state index in [1.807, 2.05) is 49.4 Å². The van der Waals surface area contributed by atoms with Gasteiger partial charge in [-0.25, -0.2) is 0 Å². The van der Waals surface area contributed by atoms with E-state index in [1.165, 1.54) is 0 Å². The van der Waals surface area contributed by atoms with E-state index in [9.17, 15) is 9.90 Å². The molecule has 1 heterocycles. The van der Waals surface area contributed by atoms with Gasteiger partial charge in [-0.15, -0.1) is 0 Å². The molecule has 0 amide bonds. The zero-order valence-electron chi connectivity index (χ0n) is 11.5. The summed E-state index contributed by atoms with van der Waals surface area (Å²) in [6, 6.07) is 13.4. The average molecular weight is 300 g/mol. The highest BCUT2D eigenvalue weighted by molar-refractivity contribution is 6.32. The van der Waals surface area contributed by atoms with Crippen LogP contribution in [-0.2, 0) is 11.2 Å². The molecule has 0 spiro atoms. The van der Waals surface area contributed by atoms with E-state index >= 15 is 0 Å². The van der Waals surface area contributed by atoms with Crippen molar-refractivity contribution in [1.29, 1.82) is 0 Å². The minimum Gasteiger partial charge on any atom is -0.481 e. The molecule has 0 bridgehead atoms. The van der Waals surface area contributed by atoms with Crippen molar-refractivity contribution in [3.05, 3.63) is 58.6 Å². The van der Waals surface area contributed by atoms with E-state index in [2.05, 4.69) is 4.98 Å². The van der Waals surface area contributed by atoms with Crippen molar-refractivity contribution >= 4 is 28.5 Å². The van der Waals surface area contributed by atoms with Gasteiger partial charge in [-0.2, -0.15) is 0 Å². The highest BCUT2D eigenvalue weighted by Gasteiger charge is 2.17. The molecule has 0 saturated heterocycles. The van der Waals surface area contributed by atoms with Crippen LogP contribution in [0.4, 0.5) is 0 Å². The quantitative estimate of drug-likeness (QED) is 0.752. The van der Waals surface area contributed by atoms with Crippen LogP contribution in [0.15, 0.2) is 42.5 Å². The summed E-state index contributed by atoms with van der Waals surface area (Å²) in [5, 5.41) is 10.8. The number of fused-ring (bicyclic) bond motifs is 1. The molecule has 0 aliphatic heterocycles. The first-order valence-electron chi connectivity index (χ1n) is 6.65. The molecule has 4 heteroatoms. The SMILES string of the molecule is Cc1c(Cl)ccc2c(CC(=O)O)c(-c3ccccc3)[nH]c12. The van der Waals surface area contributed by atoms with Crippen molar-refractivity contribution in [2.75, 3.05) is 0 Å². The van der Waals surface area contributed by atoms with E-state index in [-0.39, 0.29) is 6.42 Å². The Labute approximate surface area is 127 Å². The molecular formula is C17H14ClNO2. The fourth-order valence-electron chi connectivity index (χ4n) is 2.62. The van der Waals surface area contributed by atoms with Gasteiger partial charge in [0.15, 0.2) is 0 Å². The van der Waals surface area contributed by atoms with Crippen LogP contribution in [0.5, 0.6) is 0 Å². The molecule has 0 saturated carbocycles. The van der Waals surface area contributed by atoms with Crippen molar-refractivity contribution in [1.82, 2.24) is 4.98 Å². The standard InChI is InChI=1S/C17H14ClNO2/c1-10-14(18)8-7-12-13(9-15(20)21)17(19-16(10)12)11-5-3-2-4-6-11/h2-8,19H,9H2,1H3,(H,20,21). The molecule has 21 heavy (non-hydrogen) atoms. The second-order valence-electron chi connectivity index (χ2n) is 5.01. The summed E-state index contributed by atoms with van der Waals surface area (Å²) in [7, 11) is 0. The van der Waals surface area contributed by atoms with Crippen molar-refractivity contribution < 1.29 is 9.90 Å². The van der Waals surface area contributed by atoms with E-state index < -0.39 is 5.97 Å². The summed E-state index contributed by atoms with van der Waals surface area (Å²) in [4.78, 5) is 14.6. The number of carboxylic acid groups (broad SMARTS) is 1. The van der Waals surface area contributed by atoms with E-state index in [4.69, 9.17) is 11.6 Å². The summed E-state index contributed by atoms with van der Waals surface area (Å²) in [5.41, 5.74) is 4.45. The lowest BCUT2D eigenvalue weighted by Crippen LogP contribution is -2.00. The highest BCUT2D eigenvalue weighted by Crippen LogP contribution is 2.34. The zero-order chi connectivity index (χ0) is 15.0. The molecule has 0 fully saturated rings. The molecule has 0 aliphatic rings. The smallest absolute Gasteiger partial charge is 0.307 e. The molecule has 2 aromatic carbocycles. The van der Waals surface area contributed by atoms with Gasteiger partial charge in [0.1, 0.15) is 0 Å².